The molecule has 1 spiro atoms. The third-order valence-electron chi connectivity index (χ3n) is 5.67. The first-order valence-corrected chi connectivity index (χ1v) is 8.21. The molecule has 2 aliphatic carbocycles. The number of carbonyl (C=O) groups excluding carboxylic acids is 4. The summed E-state index contributed by atoms with van der Waals surface area (Å²) in [4.78, 5) is 54.7. The van der Waals surface area contributed by atoms with E-state index in [2.05, 4.69) is 0 Å². The number of fused-ring (bicyclic) bond motifs is 1. The summed E-state index contributed by atoms with van der Waals surface area (Å²) in [5.41, 5.74) is -1.08. The molecule has 2 fully saturated rings. The predicted octanol–water partition coefficient (Wildman–Crippen LogP) is 1.86. The number of esters is 1. The van der Waals surface area contributed by atoms with E-state index < -0.39 is 29.2 Å². The highest BCUT2D eigenvalue weighted by Gasteiger charge is 2.67. The van der Waals surface area contributed by atoms with E-state index >= 15 is 0 Å². The Labute approximate surface area is 143 Å². The lowest BCUT2D eigenvalue weighted by molar-refractivity contribution is -0.212. The molecule has 0 saturated heterocycles. The first kappa shape index (κ1) is 15.8. The fraction of sp³-hybridized carbons (Fsp3) is 0.444. The fourth-order valence-electron chi connectivity index (χ4n) is 4.25. The molecule has 1 aromatic carbocycles. The van der Waals surface area contributed by atoms with E-state index in [4.69, 9.17) is 9.57 Å². The van der Waals surface area contributed by atoms with Gasteiger partial charge in [-0.2, -0.15) is 0 Å². The first-order valence-electron chi connectivity index (χ1n) is 8.21. The highest BCUT2D eigenvalue weighted by atomic mass is 16.7. The van der Waals surface area contributed by atoms with Gasteiger partial charge in [-0.25, -0.2) is 4.79 Å². The Hall–Kier alpha value is -2.70. The van der Waals surface area contributed by atoms with Gasteiger partial charge in [-0.1, -0.05) is 23.6 Å². The molecule has 0 N–H and O–H groups in total. The third kappa shape index (κ3) is 2.04. The van der Waals surface area contributed by atoms with E-state index in [-0.39, 0.29) is 16.5 Å². The molecular weight excluding hydrogens is 326 g/mol. The lowest BCUT2D eigenvalue weighted by Crippen LogP contribution is -2.60. The van der Waals surface area contributed by atoms with Crippen molar-refractivity contribution in [3.8, 4) is 0 Å². The molecule has 0 radical (unpaired) electrons. The number of hydrogen-bond acceptors (Lipinski definition) is 6. The number of rotatable bonds is 3. The minimum Gasteiger partial charge on any atom is -0.468 e. The maximum absolute atomic E-state index is 12.7. The summed E-state index contributed by atoms with van der Waals surface area (Å²) < 4.78 is 4.79. The Morgan fingerprint density at radius 2 is 1.56 bits per heavy atom. The third-order valence-corrected chi connectivity index (χ3v) is 5.67. The van der Waals surface area contributed by atoms with Gasteiger partial charge >= 0.3 is 11.9 Å². The molecule has 7 heteroatoms. The first-order chi connectivity index (χ1) is 11.9. The van der Waals surface area contributed by atoms with Crippen LogP contribution < -0.4 is 0 Å². The Balaban J connectivity index is 1.56. The number of methoxy groups -OCH3 is 1. The van der Waals surface area contributed by atoms with Crippen LogP contribution in [0.1, 0.15) is 52.8 Å². The second-order valence-corrected chi connectivity index (χ2v) is 7.11. The van der Waals surface area contributed by atoms with Crippen molar-refractivity contribution >= 4 is 23.8 Å². The summed E-state index contributed by atoms with van der Waals surface area (Å²) in [5, 5.41) is 0.448. The molecule has 0 atom stereocenters. The molecule has 1 aromatic rings. The summed E-state index contributed by atoms with van der Waals surface area (Å²) in [7, 11) is 1.21. The number of amides is 2. The fourth-order valence-corrected chi connectivity index (χ4v) is 4.25. The van der Waals surface area contributed by atoms with Crippen molar-refractivity contribution in [3.05, 3.63) is 35.4 Å². The van der Waals surface area contributed by atoms with E-state index in [0.29, 0.717) is 17.9 Å². The van der Waals surface area contributed by atoms with Gasteiger partial charge in [0.05, 0.1) is 18.2 Å². The zero-order valence-electron chi connectivity index (χ0n) is 13.7. The van der Waals surface area contributed by atoms with Crippen LogP contribution in [0.5, 0.6) is 0 Å². The quantitative estimate of drug-likeness (QED) is 0.473. The van der Waals surface area contributed by atoms with Gasteiger partial charge in [-0.05, 0) is 43.2 Å². The molecule has 3 aliphatic rings. The molecule has 0 unspecified atom stereocenters. The summed E-state index contributed by atoms with van der Waals surface area (Å²) in [6.07, 6.45) is 3.69. The van der Waals surface area contributed by atoms with Crippen LogP contribution >= 0.6 is 0 Å². The molecule has 2 amide bonds. The lowest BCUT2D eigenvalue weighted by atomic mass is 9.45. The topological polar surface area (TPSA) is 90.0 Å². The number of carbonyl (C=O) groups is 4. The minimum atomic E-state index is -1.43. The van der Waals surface area contributed by atoms with E-state index in [1.165, 1.54) is 19.2 Å². The smallest absolute Gasteiger partial charge is 0.350 e. The van der Waals surface area contributed by atoms with E-state index in [1.807, 2.05) is 0 Å². The van der Waals surface area contributed by atoms with E-state index in [0.717, 1.165) is 19.3 Å². The second-order valence-electron chi connectivity index (χ2n) is 7.11. The van der Waals surface area contributed by atoms with Gasteiger partial charge in [0.2, 0.25) is 0 Å². The number of ether oxygens (including phenoxy) is 1. The van der Waals surface area contributed by atoms with Gasteiger partial charge in [0.25, 0.3) is 11.8 Å². The van der Waals surface area contributed by atoms with Gasteiger partial charge in [-0.15, -0.1) is 0 Å². The lowest BCUT2D eigenvalue weighted by Gasteiger charge is -2.57. The molecule has 130 valence electrons. The van der Waals surface area contributed by atoms with Crippen LogP contribution in [0, 0.1) is 10.8 Å². The maximum Gasteiger partial charge on any atom is 0.350 e. The van der Waals surface area contributed by atoms with Crippen LogP contribution in [-0.2, 0) is 19.2 Å². The summed E-state index contributed by atoms with van der Waals surface area (Å²) >= 11 is 0. The Kier molecular flexibility index (Phi) is 3.25. The normalized spacial score (nSPS) is 22.0. The molecule has 1 heterocycles. The van der Waals surface area contributed by atoms with Crippen LogP contribution in [0.4, 0.5) is 0 Å². The number of nitrogens with zero attached hydrogens (tertiary/aromatic N) is 1. The van der Waals surface area contributed by atoms with Crippen LogP contribution in [-0.4, -0.2) is 35.9 Å². The Morgan fingerprint density at radius 3 is 2.00 bits per heavy atom. The monoisotopic (exact) mass is 343 g/mol. The predicted molar refractivity (Wildman–Crippen MR) is 83.0 cm³/mol. The maximum atomic E-state index is 12.7. The highest BCUT2D eigenvalue weighted by molar-refractivity contribution is 6.21. The van der Waals surface area contributed by atoms with Crippen molar-refractivity contribution in [3.63, 3.8) is 0 Å². The highest BCUT2D eigenvalue weighted by Crippen LogP contribution is 2.65. The Morgan fingerprint density at radius 1 is 1.00 bits per heavy atom. The minimum absolute atomic E-state index is 0.00476. The molecule has 25 heavy (non-hydrogen) atoms. The largest absolute Gasteiger partial charge is 0.468 e. The van der Waals surface area contributed by atoms with E-state index in [9.17, 15) is 19.2 Å². The molecule has 4 rings (SSSR count). The zero-order valence-corrected chi connectivity index (χ0v) is 13.7. The SMILES string of the molecule is COC(=O)C1(C(=O)ON2C(=O)c3ccccc3C2=O)CC2(CCC2)C1. The van der Waals surface area contributed by atoms with Gasteiger partial charge in [0.1, 0.15) is 0 Å². The van der Waals surface area contributed by atoms with Gasteiger partial charge in [0.15, 0.2) is 5.41 Å². The number of hydrogen-bond donors (Lipinski definition) is 0. The zero-order chi connectivity index (χ0) is 17.8. The summed E-state index contributed by atoms with van der Waals surface area (Å²) in [6, 6.07) is 6.23. The average Bonchev–Trinajstić information content (AvgIpc) is 2.78. The number of imide groups is 1. The van der Waals surface area contributed by atoms with Crippen LogP contribution in [0.15, 0.2) is 24.3 Å². The second kappa shape index (κ2) is 5.15. The van der Waals surface area contributed by atoms with Crippen LogP contribution in [0.25, 0.3) is 0 Å². The average molecular weight is 343 g/mol. The van der Waals surface area contributed by atoms with Gasteiger partial charge in [0, 0.05) is 0 Å². The van der Waals surface area contributed by atoms with Crippen molar-refractivity contribution in [2.45, 2.75) is 32.1 Å². The molecule has 1 aliphatic heterocycles. The van der Waals surface area contributed by atoms with E-state index in [1.54, 1.807) is 12.1 Å². The molecule has 7 nitrogen and oxygen atoms in total. The van der Waals surface area contributed by atoms with Crippen molar-refractivity contribution in [2.24, 2.45) is 10.8 Å². The van der Waals surface area contributed by atoms with Crippen molar-refractivity contribution in [1.29, 1.82) is 0 Å². The molecular formula is C18H17NO6. The Bertz CT molecular complexity index is 767. The molecule has 0 aromatic heterocycles. The van der Waals surface area contributed by atoms with Gasteiger partial charge in [-0.3, -0.25) is 14.4 Å². The van der Waals surface area contributed by atoms with Crippen molar-refractivity contribution < 1.29 is 28.8 Å². The summed E-state index contributed by atoms with van der Waals surface area (Å²) in [6.45, 7) is 0. The summed E-state index contributed by atoms with van der Waals surface area (Å²) in [5.74, 6) is -2.98. The van der Waals surface area contributed by atoms with Crippen LogP contribution in [0.2, 0.25) is 0 Å². The van der Waals surface area contributed by atoms with Crippen molar-refractivity contribution in [1.82, 2.24) is 5.06 Å². The number of benzene rings is 1. The van der Waals surface area contributed by atoms with Gasteiger partial charge < -0.3 is 9.57 Å². The van der Waals surface area contributed by atoms with Crippen LogP contribution in [0.3, 0.4) is 0 Å². The standard InChI is InChI=1S/C18H17NO6/c1-24-15(22)18(9-17(10-18)7-4-8-17)16(23)25-19-13(20)11-5-2-3-6-12(11)14(19)21/h2-3,5-6H,4,7-10H2,1H3. The molecule has 2 saturated carbocycles. The van der Waals surface area contributed by atoms with Crippen molar-refractivity contribution in [2.75, 3.05) is 7.11 Å². The number of hydroxylamine groups is 2. The molecule has 0 bridgehead atoms.